The molecule has 0 aliphatic carbocycles. The van der Waals surface area contributed by atoms with Gasteiger partial charge in [0, 0.05) is 29.2 Å². The fourth-order valence-corrected chi connectivity index (χ4v) is 4.87. The monoisotopic (exact) mass is 474 g/mol. The van der Waals surface area contributed by atoms with Gasteiger partial charge < -0.3 is 19.4 Å². The van der Waals surface area contributed by atoms with Crippen molar-refractivity contribution in [2.45, 2.75) is 45.2 Å². The highest BCUT2D eigenvalue weighted by atomic mass is 16.5. The molecule has 35 heavy (non-hydrogen) atoms. The number of hydrogen-bond acceptors (Lipinski definition) is 7. The number of nitrogens with one attached hydrogen (secondary N) is 1. The zero-order chi connectivity index (χ0) is 24.7. The molecule has 1 aliphatic rings. The van der Waals surface area contributed by atoms with Gasteiger partial charge in [0.2, 0.25) is 0 Å². The van der Waals surface area contributed by atoms with Gasteiger partial charge in [-0.25, -0.2) is 4.68 Å². The number of nitrogens with zero attached hydrogens (tertiary/aromatic N) is 5. The Labute approximate surface area is 203 Å². The number of rotatable bonds is 5. The van der Waals surface area contributed by atoms with Gasteiger partial charge in [0.15, 0.2) is 17.3 Å². The van der Waals surface area contributed by atoms with Crippen LogP contribution in [0.25, 0.3) is 10.9 Å². The molecule has 0 saturated carbocycles. The van der Waals surface area contributed by atoms with Crippen LogP contribution in [-0.2, 0) is 12.0 Å². The highest BCUT2D eigenvalue weighted by Crippen LogP contribution is 2.38. The number of aryl methyl sites for hydroxylation is 1. The topological polar surface area (TPSA) is 98.2 Å². The number of para-hydroxylation sites is 1. The van der Waals surface area contributed by atoms with Gasteiger partial charge in [0.25, 0.3) is 5.56 Å². The molecule has 4 aromatic rings. The van der Waals surface area contributed by atoms with E-state index >= 15 is 0 Å². The van der Waals surface area contributed by atoms with Crippen LogP contribution in [-0.4, -0.2) is 46.0 Å². The van der Waals surface area contributed by atoms with E-state index in [-0.39, 0.29) is 11.1 Å². The first-order valence-corrected chi connectivity index (χ1v) is 11.7. The van der Waals surface area contributed by atoms with Gasteiger partial charge in [-0.3, -0.25) is 4.79 Å². The van der Waals surface area contributed by atoms with Crippen molar-refractivity contribution in [1.29, 1.82) is 0 Å². The zero-order valence-corrected chi connectivity index (χ0v) is 20.7. The molecule has 1 N–H and O–H groups in total. The number of fused-ring (bicyclic) bond motifs is 2. The second-order valence-corrected chi connectivity index (χ2v) is 9.80. The van der Waals surface area contributed by atoms with E-state index in [9.17, 15) is 4.79 Å². The van der Waals surface area contributed by atoms with Crippen LogP contribution in [0, 0.1) is 0 Å². The van der Waals surface area contributed by atoms with E-state index in [1.807, 2.05) is 22.9 Å². The molecule has 9 nitrogen and oxygen atoms in total. The zero-order valence-electron chi connectivity index (χ0n) is 20.7. The van der Waals surface area contributed by atoms with Crippen molar-refractivity contribution < 1.29 is 9.47 Å². The summed E-state index contributed by atoms with van der Waals surface area (Å²) in [5.74, 6) is 1.78. The quantitative estimate of drug-likeness (QED) is 0.469. The average molecular weight is 475 g/mol. The summed E-state index contributed by atoms with van der Waals surface area (Å²) in [6.45, 7) is 6.93. The number of benzene rings is 2. The Morgan fingerprint density at radius 1 is 1.06 bits per heavy atom. The molecule has 0 radical (unpaired) electrons. The Hall–Kier alpha value is -3.88. The van der Waals surface area contributed by atoms with E-state index in [1.165, 1.54) is 5.56 Å². The van der Waals surface area contributed by atoms with Gasteiger partial charge in [-0.2, -0.15) is 0 Å². The lowest BCUT2D eigenvalue weighted by Crippen LogP contribution is -2.40. The SMILES string of the molecule is COc1cc2cc([C@@H](c3nnnn3C(C)(C)C)N3CCCc4ccccc43)c(=O)[nH]c2cc1OC. The number of hydrogen-bond donors (Lipinski definition) is 1. The Kier molecular flexibility index (Phi) is 5.70. The molecule has 0 saturated heterocycles. The number of H-pyrrole nitrogens is 1. The third-order valence-electron chi connectivity index (χ3n) is 6.50. The Morgan fingerprint density at radius 2 is 1.80 bits per heavy atom. The molecule has 0 spiro atoms. The molecular formula is C26H30N6O3. The van der Waals surface area contributed by atoms with Crippen LogP contribution in [0.1, 0.15) is 50.2 Å². The van der Waals surface area contributed by atoms with Crippen molar-refractivity contribution in [2.24, 2.45) is 0 Å². The predicted octanol–water partition coefficient (Wildman–Crippen LogP) is 3.83. The Bertz CT molecular complexity index is 1440. The summed E-state index contributed by atoms with van der Waals surface area (Å²) in [6, 6.07) is 13.4. The molecule has 0 amide bonds. The maximum atomic E-state index is 13.6. The van der Waals surface area contributed by atoms with Gasteiger partial charge >= 0.3 is 0 Å². The molecule has 1 aliphatic heterocycles. The summed E-state index contributed by atoms with van der Waals surface area (Å²) in [5.41, 5.74) is 3.03. The van der Waals surface area contributed by atoms with Crippen molar-refractivity contribution in [3.05, 3.63) is 69.8 Å². The molecule has 0 fully saturated rings. The van der Waals surface area contributed by atoms with Crippen molar-refractivity contribution >= 4 is 16.6 Å². The van der Waals surface area contributed by atoms with Crippen LogP contribution >= 0.6 is 0 Å². The first kappa shape index (κ1) is 22.9. The van der Waals surface area contributed by atoms with E-state index in [1.54, 1.807) is 20.3 Å². The summed E-state index contributed by atoms with van der Waals surface area (Å²) in [4.78, 5) is 18.9. The second kappa shape index (κ2) is 8.72. The van der Waals surface area contributed by atoms with Crippen molar-refractivity contribution in [3.63, 3.8) is 0 Å². The Morgan fingerprint density at radius 3 is 2.54 bits per heavy atom. The first-order valence-electron chi connectivity index (χ1n) is 11.7. The largest absolute Gasteiger partial charge is 0.493 e. The lowest BCUT2D eigenvalue weighted by atomic mass is 9.96. The normalized spacial score (nSPS) is 14.6. The van der Waals surface area contributed by atoms with Crippen molar-refractivity contribution in [2.75, 3.05) is 25.7 Å². The van der Waals surface area contributed by atoms with Crippen LogP contribution in [0.4, 0.5) is 5.69 Å². The van der Waals surface area contributed by atoms with E-state index < -0.39 is 6.04 Å². The maximum absolute atomic E-state index is 13.6. The van der Waals surface area contributed by atoms with E-state index in [2.05, 4.69) is 64.4 Å². The van der Waals surface area contributed by atoms with Gasteiger partial charge in [-0.1, -0.05) is 18.2 Å². The van der Waals surface area contributed by atoms with Crippen LogP contribution < -0.4 is 19.9 Å². The van der Waals surface area contributed by atoms with Gasteiger partial charge in [-0.05, 0) is 67.8 Å². The fraction of sp³-hybridized carbons (Fsp3) is 0.385. The first-order chi connectivity index (χ1) is 16.8. The maximum Gasteiger partial charge on any atom is 0.254 e. The average Bonchev–Trinajstić information content (AvgIpc) is 3.34. The summed E-state index contributed by atoms with van der Waals surface area (Å²) < 4.78 is 12.7. The van der Waals surface area contributed by atoms with E-state index in [4.69, 9.17) is 9.47 Å². The lowest BCUT2D eigenvalue weighted by molar-refractivity contribution is 0.329. The number of anilines is 1. The molecule has 5 rings (SSSR count). The van der Waals surface area contributed by atoms with Crippen molar-refractivity contribution in [3.8, 4) is 11.5 Å². The molecule has 2 aromatic heterocycles. The summed E-state index contributed by atoms with van der Waals surface area (Å²) in [6.07, 6.45) is 1.97. The van der Waals surface area contributed by atoms with Gasteiger partial charge in [0.05, 0.1) is 25.3 Å². The smallest absolute Gasteiger partial charge is 0.254 e. The predicted molar refractivity (Wildman–Crippen MR) is 134 cm³/mol. The van der Waals surface area contributed by atoms with Crippen LogP contribution in [0.2, 0.25) is 0 Å². The number of tetrazole rings is 1. The molecule has 2 aromatic carbocycles. The van der Waals surface area contributed by atoms with Crippen molar-refractivity contribution in [1.82, 2.24) is 25.2 Å². The molecule has 3 heterocycles. The van der Waals surface area contributed by atoms with E-state index in [0.717, 1.165) is 30.5 Å². The summed E-state index contributed by atoms with van der Waals surface area (Å²) in [5, 5.41) is 13.6. The summed E-state index contributed by atoms with van der Waals surface area (Å²) >= 11 is 0. The van der Waals surface area contributed by atoms with Crippen LogP contribution in [0.15, 0.2) is 47.3 Å². The number of ether oxygens (including phenoxy) is 2. The van der Waals surface area contributed by atoms with Crippen LogP contribution in [0.3, 0.4) is 0 Å². The third-order valence-corrected chi connectivity index (χ3v) is 6.50. The molecular weight excluding hydrogens is 444 g/mol. The molecule has 1 atom stereocenters. The minimum Gasteiger partial charge on any atom is -0.493 e. The molecule has 182 valence electrons. The molecule has 9 heteroatoms. The third kappa shape index (κ3) is 4.00. The minimum atomic E-state index is -0.480. The molecule has 0 unspecified atom stereocenters. The number of aromatic nitrogens is 5. The van der Waals surface area contributed by atoms with Gasteiger partial charge in [-0.15, -0.1) is 5.10 Å². The fourth-order valence-electron chi connectivity index (χ4n) is 4.87. The standard InChI is InChI=1S/C26H30N6O3/c1-26(2,3)32-24(28-29-30-32)23(31-12-8-10-16-9-6-7-11-20(16)31)18-13-17-14-21(34-4)22(35-5)15-19(17)27-25(18)33/h6-7,9,11,13-15,23H,8,10,12H2,1-5H3,(H,27,33)/t23-/m0/s1. The summed E-state index contributed by atoms with van der Waals surface area (Å²) in [7, 11) is 3.17. The number of aromatic amines is 1. The lowest BCUT2D eigenvalue weighted by Gasteiger charge is -2.38. The highest BCUT2D eigenvalue weighted by Gasteiger charge is 2.35. The minimum absolute atomic E-state index is 0.193. The number of methoxy groups -OCH3 is 2. The molecule has 0 bridgehead atoms. The van der Waals surface area contributed by atoms with Gasteiger partial charge in [0.1, 0.15) is 6.04 Å². The second-order valence-electron chi connectivity index (χ2n) is 9.80. The van der Waals surface area contributed by atoms with E-state index in [0.29, 0.717) is 28.4 Å². The highest BCUT2D eigenvalue weighted by molar-refractivity contribution is 5.83. The van der Waals surface area contributed by atoms with Crippen LogP contribution in [0.5, 0.6) is 11.5 Å². The Balaban J connectivity index is 1.77. The number of pyridine rings is 1.